The molecule has 1 aliphatic carbocycles. The molecule has 2 atom stereocenters. The third-order valence-electron chi connectivity index (χ3n) is 4.00. The Labute approximate surface area is 126 Å². The maximum Gasteiger partial charge on any atom is 0.0992 e. The van der Waals surface area contributed by atoms with E-state index < -0.39 is 0 Å². The van der Waals surface area contributed by atoms with Crippen LogP contribution in [0.4, 0.5) is 0 Å². The molecule has 0 spiro atoms. The predicted molar refractivity (Wildman–Crippen MR) is 81.5 cm³/mol. The second kappa shape index (κ2) is 6.16. The number of ether oxygens (including phenoxy) is 1. The minimum atomic E-state index is 0.306. The first-order valence-electron chi connectivity index (χ1n) is 7.20. The van der Waals surface area contributed by atoms with Gasteiger partial charge in [-0.1, -0.05) is 38.4 Å². The van der Waals surface area contributed by atoms with E-state index in [1.165, 1.54) is 6.42 Å². The van der Waals surface area contributed by atoms with Gasteiger partial charge in [0.2, 0.25) is 0 Å². The summed E-state index contributed by atoms with van der Waals surface area (Å²) in [7, 11) is 0. The molecular weight excluding hydrogens is 270 g/mol. The number of hydrogen-bond donors (Lipinski definition) is 0. The van der Waals surface area contributed by atoms with Gasteiger partial charge in [0, 0.05) is 5.02 Å². The second-order valence-corrected chi connectivity index (χ2v) is 7.17. The highest BCUT2D eigenvalue weighted by Crippen LogP contribution is 2.40. The van der Waals surface area contributed by atoms with Gasteiger partial charge < -0.3 is 4.74 Å². The molecule has 1 aromatic carbocycles. The molecule has 3 heteroatoms. The van der Waals surface area contributed by atoms with Crippen molar-refractivity contribution in [1.82, 2.24) is 0 Å². The molecule has 0 heterocycles. The Kier molecular flexibility index (Phi) is 4.73. The fourth-order valence-electron chi connectivity index (χ4n) is 3.33. The Morgan fingerprint density at radius 3 is 2.75 bits per heavy atom. The molecule has 1 saturated carbocycles. The molecule has 2 nitrogen and oxygen atoms in total. The van der Waals surface area contributed by atoms with Crippen LogP contribution in [0, 0.1) is 22.7 Å². The van der Waals surface area contributed by atoms with Gasteiger partial charge in [-0.05, 0) is 48.3 Å². The molecule has 0 aromatic heterocycles. The van der Waals surface area contributed by atoms with Crippen molar-refractivity contribution in [3.05, 3.63) is 34.3 Å². The fraction of sp³-hybridized carbons (Fsp3) is 0.588. The quantitative estimate of drug-likeness (QED) is 0.790. The standard InChI is InChI=1S/C17H22ClNO/c1-12-6-15(9-17(2,3)8-12)20-11-14-5-4-13(10-19)7-16(14)18/h4-5,7,12,15H,6,8-9,11H2,1-3H3. The summed E-state index contributed by atoms with van der Waals surface area (Å²) in [6.07, 6.45) is 3.80. The van der Waals surface area contributed by atoms with E-state index in [2.05, 4.69) is 26.8 Å². The Hall–Kier alpha value is -1.04. The zero-order chi connectivity index (χ0) is 14.8. The van der Waals surface area contributed by atoms with Crippen LogP contribution >= 0.6 is 11.6 Å². The summed E-state index contributed by atoms with van der Waals surface area (Å²) in [5.41, 5.74) is 1.91. The average Bonchev–Trinajstić information content (AvgIpc) is 2.34. The first-order chi connectivity index (χ1) is 9.39. The van der Waals surface area contributed by atoms with Crippen LogP contribution in [0.1, 0.15) is 51.2 Å². The van der Waals surface area contributed by atoms with Gasteiger partial charge in [0.25, 0.3) is 0 Å². The van der Waals surface area contributed by atoms with Crippen LogP contribution in [0.25, 0.3) is 0 Å². The van der Waals surface area contributed by atoms with E-state index in [9.17, 15) is 0 Å². The van der Waals surface area contributed by atoms with E-state index in [-0.39, 0.29) is 0 Å². The molecule has 0 N–H and O–H groups in total. The van der Waals surface area contributed by atoms with Crippen LogP contribution in [-0.4, -0.2) is 6.10 Å². The van der Waals surface area contributed by atoms with E-state index in [0.29, 0.717) is 34.6 Å². The third kappa shape index (κ3) is 3.98. The van der Waals surface area contributed by atoms with Crippen molar-refractivity contribution >= 4 is 11.6 Å². The normalized spacial score (nSPS) is 25.1. The lowest BCUT2D eigenvalue weighted by Gasteiger charge is -2.38. The van der Waals surface area contributed by atoms with Gasteiger partial charge in [0.1, 0.15) is 0 Å². The van der Waals surface area contributed by atoms with Crippen LogP contribution in [0.3, 0.4) is 0 Å². The number of hydrogen-bond acceptors (Lipinski definition) is 2. The molecule has 0 saturated heterocycles. The topological polar surface area (TPSA) is 33.0 Å². The van der Waals surface area contributed by atoms with Gasteiger partial charge in [-0.25, -0.2) is 0 Å². The van der Waals surface area contributed by atoms with Gasteiger partial charge >= 0.3 is 0 Å². The minimum Gasteiger partial charge on any atom is -0.373 e. The molecule has 0 radical (unpaired) electrons. The van der Waals surface area contributed by atoms with Crippen molar-refractivity contribution in [2.24, 2.45) is 11.3 Å². The van der Waals surface area contributed by atoms with E-state index >= 15 is 0 Å². The summed E-state index contributed by atoms with van der Waals surface area (Å²) < 4.78 is 6.06. The van der Waals surface area contributed by atoms with Crippen LogP contribution in [0.5, 0.6) is 0 Å². The van der Waals surface area contributed by atoms with Crippen molar-refractivity contribution in [2.45, 2.75) is 52.7 Å². The van der Waals surface area contributed by atoms with E-state index in [0.717, 1.165) is 18.4 Å². The number of rotatable bonds is 3. The summed E-state index contributed by atoms with van der Waals surface area (Å²) in [6.45, 7) is 7.45. The third-order valence-corrected chi connectivity index (χ3v) is 4.36. The smallest absolute Gasteiger partial charge is 0.0992 e. The Balaban J connectivity index is 1.97. The first kappa shape index (κ1) is 15.4. The zero-order valence-corrected chi connectivity index (χ0v) is 13.2. The van der Waals surface area contributed by atoms with E-state index in [1.54, 1.807) is 12.1 Å². The number of benzene rings is 1. The van der Waals surface area contributed by atoms with Crippen molar-refractivity contribution in [3.63, 3.8) is 0 Å². The summed E-state index contributed by atoms with van der Waals surface area (Å²) in [5.74, 6) is 0.709. The van der Waals surface area contributed by atoms with E-state index in [1.807, 2.05) is 6.07 Å². The molecule has 2 rings (SSSR count). The second-order valence-electron chi connectivity index (χ2n) is 6.76. The molecule has 0 bridgehead atoms. The molecular formula is C17H22ClNO. The van der Waals surface area contributed by atoms with Crippen LogP contribution in [-0.2, 0) is 11.3 Å². The van der Waals surface area contributed by atoms with Crippen molar-refractivity contribution in [3.8, 4) is 6.07 Å². The summed E-state index contributed by atoms with van der Waals surface area (Å²) >= 11 is 6.18. The van der Waals surface area contributed by atoms with Crippen molar-refractivity contribution < 1.29 is 4.74 Å². The van der Waals surface area contributed by atoms with Crippen LogP contribution in [0.2, 0.25) is 5.02 Å². The number of nitriles is 1. The van der Waals surface area contributed by atoms with Gasteiger partial charge in [-0.3, -0.25) is 0 Å². The Morgan fingerprint density at radius 2 is 2.15 bits per heavy atom. The largest absolute Gasteiger partial charge is 0.373 e. The number of halogens is 1. The van der Waals surface area contributed by atoms with Gasteiger partial charge in [-0.2, -0.15) is 5.26 Å². The molecule has 0 amide bonds. The number of nitrogens with zero attached hydrogens (tertiary/aromatic N) is 1. The van der Waals surface area contributed by atoms with Gasteiger partial charge in [0.15, 0.2) is 0 Å². The Morgan fingerprint density at radius 1 is 1.40 bits per heavy atom. The molecule has 1 aromatic rings. The van der Waals surface area contributed by atoms with Gasteiger partial charge in [-0.15, -0.1) is 0 Å². The maximum absolute atomic E-state index is 8.83. The minimum absolute atomic E-state index is 0.306. The summed E-state index contributed by atoms with van der Waals surface area (Å²) in [6, 6.07) is 7.47. The van der Waals surface area contributed by atoms with Crippen molar-refractivity contribution in [2.75, 3.05) is 0 Å². The zero-order valence-electron chi connectivity index (χ0n) is 12.4. The maximum atomic E-state index is 8.83. The molecule has 1 aliphatic rings. The highest BCUT2D eigenvalue weighted by Gasteiger charge is 2.32. The van der Waals surface area contributed by atoms with Gasteiger partial charge in [0.05, 0.1) is 24.3 Å². The molecule has 0 aliphatic heterocycles. The highest BCUT2D eigenvalue weighted by atomic mass is 35.5. The molecule has 2 unspecified atom stereocenters. The predicted octanol–water partition coefficient (Wildman–Crippen LogP) is 4.94. The van der Waals surface area contributed by atoms with E-state index in [4.69, 9.17) is 21.6 Å². The molecule has 1 fully saturated rings. The fourth-order valence-corrected chi connectivity index (χ4v) is 3.56. The summed E-state index contributed by atoms with van der Waals surface area (Å²) in [5, 5.41) is 9.45. The monoisotopic (exact) mass is 291 g/mol. The Bertz CT molecular complexity index is 518. The average molecular weight is 292 g/mol. The lowest BCUT2D eigenvalue weighted by Crippen LogP contribution is -2.32. The molecule has 20 heavy (non-hydrogen) atoms. The van der Waals surface area contributed by atoms with Crippen molar-refractivity contribution in [1.29, 1.82) is 5.26 Å². The van der Waals surface area contributed by atoms with Crippen LogP contribution in [0.15, 0.2) is 18.2 Å². The first-order valence-corrected chi connectivity index (χ1v) is 7.57. The lowest BCUT2D eigenvalue weighted by molar-refractivity contribution is -0.0315. The SMILES string of the molecule is CC1CC(OCc2ccc(C#N)cc2Cl)CC(C)(C)C1. The molecule has 108 valence electrons. The highest BCUT2D eigenvalue weighted by molar-refractivity contribution is 6.31. The summed E-state index contributed by atoms with van der Waals surface area (Å²) in [4.78, 5) is 0. The lowest BCUT2D eigenvalue weighted by atomic mass is 9.71. The van der Waals surface area contributed by atoms with Crippen LogP contribution < -0.4 is 0 Å².